The molecule has 1 aliphatic heterocycles. The number of nitrogens with one attached hydrogen (secondary N) is 2. The molecule has 2 rings (SSSR count). The lowest BCUT2D eigenvalue weighted by Crippen LogP contribution is -2.43. The van der Waals surface area contributed by atoms with Crippen LogP contribution in [0.2, 0.25) is 0 Å². The lowest BCUT2D eigenvalue weighted by atomic mass is 10.0. The van der Waals surface area contributed by atoms with Crippen LogP contribution in [0.15, 0.2) is 12.2 Å². The van der Waals surface area contributed by atoms with Crippen molar-refractivity contribution in [2.75, 3.05) is 13.1 Å². The van der Waals surface area contributed by atoms with Gasteiger partial charge in [0, 0.05) is 12.5 Å². The topological polar surface area (TPSA) is 41.1 Å². The number of carbonyl (C=O) groups is 1. The van der Waals surface area contributed by atoms with Gasteiger partial charge in [-0.3, -0.25) is 4.79 Å². The van der Waals surface area contributed by atoms with Crippen molar-refractivity contribution in [3.05, 3.63) is 12.2 Å². The lowest BCUT2D eigenvalue weighted by Gasteiger charge is -2.24. The summed E-state index contributed by atoms with van der Waals surface area (Å²) in [6.07, 6.45) is 9.49. The molecule has 0 bridgehead atoms. The number of hydrogen-bond donors (Lipinski definition) is 2. The van der Waals surface area contributed by atoms with Gasteiger partial charge in [0.15, 0.2) is 0 Å². The Morgan fingerprint density at radius 2 is 2.13 bits per heavy atom. The molecule has 0 spiro atoms. The predicted octanol–water partition coefficient (Wildman–Crippen LogP) is 1.21. The maximum atomic E-state index is 11.7. The van der Waals surface area contributed by atoms with Crippen LogP contribution in [0.4, 0.5) is 0 Å². The maximum absolute atomic E-state index is 11.7. The van der Waals surface area contributed by atoms with Gasteiger partial charge in [0.1, 0.15) is 0 Å². The molecule has 1 unspecified atom stereocenters. The summed E-state index contributed by atoms with van der Waals surface area (Å²) >= 11 is 0. The molecule has 84 valence electrons. The second-order valence-corrected chi connectivity index (χ2v) is 4.56. The highest BCUT2D eigenvalue weighted by atomic mass is 16.1. The Hall–Kier alpha value is -0.830. The molecule has 1 amide bonds. The van der Waals surface area contributed by atoms with Crippen LogP contribution in [0, 0.1) is 5.92 Å². The lowest BCUT2D eigenvalue weighted by molar-refractivity contribution is -0.122. The minimum atomic E-state index is 0.235. The molecule has 3 heteroatoms. The quantitative estimate of drug-likeness (QED) is 0.684. The van der Waals surface area contributed by atoms with E-state index in [1.165, 1.54) is 0 Å². The molecule has 1 saturated heterocycles. The van der Waals surface area contributed by atoms with Crippen LogP contribution in [-0.4, -0.2) is 25.0 Å². The Kier molecular flexibility index (Phi) is 3.78. The van der Waals surface area contributed by atoms with E-state index in [0.717, 1.165) is 38.8 Å². The monoisotopic (exact) mass is 208 g/mol. The number of piperidine rings is 1. The fraction of sp³-hybridized carbons (Fsp3) is 0.750. The molecule has 3 nitrogen and oxygen atoms in total. The molecule has 1 fully saturated rings. The predicted molar refractivity (Wildman–Crippen MR) is 60.5 cm³/mol. The first-order valence-electron chi connectivity index (χ1n) is 6.01. The van der Waals surface area contributed by atoms with Crippen LogP contribution in [-0.2, 0) is 4.79 Å². The van der Waals surface area contributed by atoms with Gasteiger partial charge in [0.25, 0.3) is 0 Å². The molecule has 2 aliphatic rings. The maximum Gasteiger partial charge on any atom is 0.220 e. The highest BCUT2D eigenvalue weighted by molar-refractivity contribution is 5.76. The second kappa shape index (κ2) is 5.31. The zero-order valence-electron chi connectivity index (χ0n) is 9.17. The second-order valence-electron chi connectivity index (χ2n) is 4.56. The minimum absolute atomic E-state index is 0.235. The van der Waals surface area contributed by atoms with Crippen molar-refractivity contribution in [2.24, 2.45) is 5.92 Å². The van der Waals surface area contributed by atoms with Crippen molar-refractivity contribution in [3.63, 3.8) is 0 Å². The van der Waals surface area contributed by atoms with E-state index in [4.69, 9.17) is 0 Å². The van der Waals surface area contributed by atoms with E-state index >= 15 is 0 Å². The third-order valence-electron chi connectivity index (χ3n) is 3.26. The summed E-state index contributed by atoms with van der Waals surface area (Å²) in [4.78, 5) is 11.7. The number of carbonyl (C=O) groups excluding carboxylic acids is 1. The van der Waals surface area contributed by atoms with E-state index in [0.29, 0.717) is 18.4 Å². The van der Waals surface area contributed by atoms with E-state index in [1.54, 1.807) is 0 Å². The van der Waals surface area contributed by atoms with Crippen LogP contribution < -0.4 is 10.6 Å². The van der Waals surface area contributed by atoms with E-state index in [2.05, 4.69) is 22.8 Å². The van der Waals surface area contributed by atoms with Crippen molar-refractivity contribution < 1.29 is 4.79 Å². The summed E-state index contributed by atoms with van der Waals surface area (Å²) < 4.78 is 0. The van der Waals surface area contributed by atoms with Crippen molar-refractivity contribution >= 4 is 5.91 Å². The van der Waals surface area contributed by atoms with Crippen LogP contribution in [0.1, 0.15) is 32.1 Å². The average molecular weight is 208 g/mol. The SMILES string of the molecule is O=C(CC1C=CCC1)NC1CCNCC1. The first kappa shape index (κ1) is 10.7. The smallest absolute Gasteiger partial charge is 0.220 e. The molecular weight excluding hydrogens is 188 g/mol. The summed E-state index contributed by atoms with van der Waals surface area (Å²) in [6.45, 7) is 2.07. The molecule has 1 heterocycles. The average Bonchev–Trinajstić information content (AvgIpc) is 2.71. The number of rotatable bonds is 3. The molecule has 15 heavy (non-hydrogen) atoms. The van der Waals surface area contributed by atoms with E-state index in [-0.39, 0.29) is 5.91 Å². The summed E-state index contributed by atoms with van der Waals surface area (Å²) in [5, 5.41) is 6.43. The molecule has 0 radical (unpaired) electrons. The third kappa shape index (κ3) is 3.34. The highest BCUT2D eigenvalue weighted by Gasteiger charge is 2.18. The number of allylic oxidation sites excluding steroid dienone is 2. The Morgan fingerprint density at radius 1 is 1.33 bits per heavy atom. The molecule has 1 aliphatic carbocycles. The van der Waals surface area contributed by atoms with Crippen LogP contribution >= 0.6 is 0 Å². The Balaban J connectivity index is 1.69. The largest absolute Gasteiger partial charge is 0.353 e. The van der Waals surface area contributed by atoms with Crippen molar-refractivity contribution in [3.8, 4) is 0 Å². The van der Waals surface area contributed by atoms with E-state index < -0.39 is 0 Å². The van der Waals surface area contributed by atoms with Gasteiger partial charge in [0.2, 0.25) is 5.91 Å². The fourth-order valence-corrected chi connectivity index (χ4v) is 2.36. The van der Waals surface area contributed by atoms with Gasteiger partial charge in [-0.15, -0.1) is 0 Å². The summed E-state index contributed by atoms with van der Waals surface area (Å²) in [5.41, 5.74) is 0. The third-order valence-corrected chi connectivity index (χ3v) is 3.26. The van der Waals surface area contributed by atoms with Crippen molar-refractivity contribution in [2.45, 2.75) is 38.1 Å². The van der Waals surface area contributed by atoms with E-state index in [9.17, 15) is 4.79 Å². The van der Waals surface area contributed by atoms with Crippen molar-refractivity contribution in [1.29, 1.82) is 0 Å². The van der Waals surface area contributed by atoms with Crippen LogP contribution in [0.5, 0.6) is 0 Å². The van der Waals surface area contributed by atoms with Gasteiger partial charge in [-0.1, -0.05) is 12.2 Å². The zero-order valence-corrected chi connectivity index (χ0v) is 9.17. The summed E-state index contributed by atoms with van der Waals surface area (Å²) in [6, 6.07) is 0.407. The Labute approximate surface area is 91.3 Å². The van der Waals surface area contributed by atoms with E-state index in [1.807, 2.05) is 0 Å². The first-order chi connectivity index (χ1) is 7.34. The van der Waals surface area contributed by atoms with Gasteiger partial charge in [-0.05, 0) is 44.7 Å². The standard InChI is InChI=1S/C12H20N2O/c15-12(9-10-3-1-2-4-10)14-11-5-7-13-8-6-11/h1,3,10-11,13H,2,4-9H2,(H,14,15). The Bertz CT molecular complexity index is 244. The van der Waals surface area contributed by atoms with Crippen LogP contribution in [0.3, 0.4) is 0 Å². The van der Waals surface area contributed by atoms with Gasteiger partial charge in [-0.25, -0.2) is 0 Å². The van der Waals surface area contributed by atoms with Gasteiger partial charge >= 0.3 is 0 Å². The number of hydrogen-bond acceptors (Lipinski definition) is 2. The van der Waals surface area contributed by atoms with Crippen molar-refractivity contribution in [1.82, 2.24) is 10.6 Å². The molecule has 1 atom stereocenters. The highest BCUT2D eigenvalue weighted by Crippen LogP contribution is 2.20. The summed E-state index contributed by atoms with van der Waals surface area (Å²) in [7, 11) is 0. The van der Waals surface area contributed by atoms with Gasteiger partial charge < -0.3 is 10.6 Å². The Morgan fingerprint density at radius 3 is 2.80 bits per heavy atom. The molecule has 0 aromatic carbocycles. The fourth-order valence-electron chi connectivity index (χ4n) is 2.36. The molecule has 2 N–H and O–H groups in total. The molecule has 0 saturated carbocycles. The normalized spacial score (nSPS) is 26.8. The zero-order chi connectivity index (χ0) is 10.5. The molecular formula is C12H20N2O. The van der Waals surface area contributed by atoms with Gasteiger partial charge in [0.05, 0.1) is 0 Å². The van der Waals surface area contributed by atoms with Crippen LogP contribution in [0.25, 0.3) is 0 Å². The number of amides is 1. The summed E-state index contributed by atoms with van der Waals surface area (Å²) in [5.74, 6) is 0.727. The first-order valence-corrected chi connectivity index (χ1v) is 6.01. The molecule has 0 aromatic heterocycles. The van der Waals surface area contributed by atoms with Gasteiger partial charge in [-0.2, -0.15) is 0 Å². The molecule has 0 aromatic rings. The minimum Gasteiger partial charge on any atom is -0.353 e.